The Balaban J connectivity index is 1.24. The molecule has 0 aliphatic rings. The molecule has 10 aromatic carbocycles. The Labute approximate surface area is 368 Å². The van der Waals surface area contributed by atoms with Crippen molar-refractivity contribution in [1.29, 1.82) is 0 Å². The Kier molecular flexibility index (Phi) is 8.87. The van der Waals surface area contributed by atoms with E-state index in [-0.39, 0.29) is 0 Å². The minimum Gasteiger partial charge on any atom is -0.307 e. The highest BCUT2D eigenvalue weighted by Crippen LogP contribution is 2.45. The largest absolute Gasteiger partial charge is 0.307 e. The Hall–Kier alpha value is -7.98. The van der Waals surface area contributed by atoms with E-state index in [0.29, 0.717) is 0 Å². The van der Waals surface area contributed by atoms with Gasteiger partial charge in [0, 0.05) is 32.7 Å². The zero-order chi connectivity index (χ0) is 41.7. The SMILES string of the molecule is c1ccc(-c2ccccc2-n2c3ccccc3c3ccc(-c4ccccc4)c(-n4c5ccccc5c5cc([Si](c6ccccc6)(c6ccccc6)c6ccccc6)ccc54)c32)cc1. The molecule has 0 radical (unpaired) electrons. The molecule has 0 atom stereocenters. The molecule has 0 unspecified atom stereocenters. The molecule has 0 amide bonds. The number of aromatic nitrogens is 2. The van der Waals surface area contributed by atoms with Gasteiger partial charge in [-0.3, -0.25) is 0 Å². The molecule has 0 bridgehead atoms. The molecule has 0 aliphatic carbocycles. The molecule has 296 valence electrons. The minimum absolute atomic E-state index is 1.15. The number of rotatable bonds is 8. The molecular weight excluding hydrogens is 777 g/mol. The van der Waals surface area contributed by atoms with Gasteiger partial charge in [0.2, 0.25) is 0 Å². The molecule has 2 heterocycles. The van der Waals surface area contributed by atoms with Crippen molar-refractivity contribution in [3.05, 3.63) is 255 Å². The van der Waals surface area contributed by atoms with Crippen molar-refractivity contribution >= 4 is 72.4 Å². The lowest BCUT2D eigenvalue weighted by Gasteiger charge is -2.34. The van der Waals surface area contributed by atoms with Crippen molar-refractivity contribution in [2.45, 2.75) is 0 Å². The second kappa shape index (κ2) is 15.2. The molecule has 0 spiro atoms. The highest BCUT2D eigenvalue weighted by atomic mass is 28.3. The maximum Gasteiger partial charge on any atom is 0.179 e. The third-order valence-corrected chi connectivity index (χ3v) is 17.8. The lowest BCUT2D eigenvalue weighted by molar-refractivity contribution is 1.13. The van der Waals surface area contributed by atoms with Gasteiger partial charge in [-0.2, -0.15) is 0 Å². The van der Waals surface area contributed by atoms with Crippen LogP contribution in [0.15, 0.2) is 255 Å². The fraction of sp³-hybridized carbons (Fsp3) is 0. The Morgan fingerprint density at radius 2 is 0.714 bits per heavy atom. The first-order valence-electron chi connectivity index (χ1n) is 21.8. The predicted molar refractivity (Wildman–Crippen MR) is 270 cm³/mol. The van der Waals surface area contributed by atoms with Gasteiger partial charge in [0.15, 0.2) is 8.07 Å². The molecule has 0 N–H and O–H groups in total. The van der Waals surface area contributed by atoms with Gasteiger partial charge < -0.3 is 9.13 Å². The van der Waals surface area contributed by atoms with Crippen LogP contribution in [0.1, 0.15) is 0 Å². The van der Waals surface area contributed by atoms with Crippen molar-refractivity contribution in [2.75, 3.05) is 0 Å². The van der Waals surface area contributed by atoms with E-state index in [2.05, 4.69) is 264 Å². The van der Waals surface area contributed by atoms with Crippen LogP contribution in [0, 0.1) is 0 Å². The summed E-state index contributed by atoms with van der Waals surface area (Å²) in [6.45, 7) is 0. The zero-order valence-electron chi connectivity index (χ0n) is 34.6. The number of hydrogen-bond donors (Lipinski definition) is 0. The molecule has 12 aromatic rings. The molecule has 12 rings (SSSR count). The maximum atomic E-state index is 2.57. The second-order valence-corrected chi connectivity index (χ2v) is 20.2. The van der Waals surface area contributed by atoms with Crippen molar-refractivity contribution in [2.24, 2.45) is 0 Å². The van der Waals surface area contributed by atoms with Gasteiger partial charge in [-0.05, 0) is 56.1 Å². The standard InChI is InChI=1S/C60H42N2Si/c1-6-22-43(23-7-1)49-32-16-19-35-55(49)61-56-36-20-17-33-51(56)53-40-39-50(44-24-8-2-9-25-44)59(60(53)61)62-57-37-21-18-34-52(57)54-42-48(38-41-58(54)62)63(45-26-10-3-11-27-45,46-28-12-4-13-29-46)47-30-14-5-15-31-47/h1-42H. The summed E-state index contributed by atoms with van der Waals surface area (Å²) >= 11 is 0. The van der Waals surface area contributed by atoms with Crippen molar-refractivity contribution in [1.82, 2.24) is 9.13 Å². The summed E-state index contributed by atoms with van der Waals surface area (Å²) in [5.41, 5.74) is 11.7. The van der Waals surface area contributed by atoms with Crippen LogP contribution in [0.4, 0.5) is 0 Å². The number of para-hydroxylation sites is 3. The third kappa shape index (κ3) is 5.78. The maximum absolute atomic E-state index is 2.81. The smallest absolute Gasteiger partial charge is 0.179 e. The lowest BCUT2D eigenvalue weighted by Crippen LogP contribution is -2.74. The predicted octanol–water partition coefficient (Wildman–Crippen LogP) is 12.6. The van der Waals surface area contributed by atoms with E-state index < -0.39 is 8.07 Å². The monoisotopic (exact) mass is 818 g/mol. The van der Waals surface area contributed by atoms with Crippen LogP contribution >= 0.6 is 0 Å². The number of hydrogen-bond acceptors (Lipinski definition) is 0. The van der Waals surface area contributed by atoms with E-state index in [0.717, 1.165) is 11.4 Å². The molecule has 2 nitrogen and oxygen atoms in total. The summed E-state index contributed by atoms with van der Waals surface area (Å²) in [4.78, 5) is 0. The molecule has 3 heteroatoms. The number of nitrogens with zero attached hydrogens (tertiary/aromatic N) is 2. The van der Waals surface area contributed by atoms with Crippen molar-refractivity contribution in [3.63, 3.8) is 0 Å². The fourth-order valence-electron chi connectivity index (χ4n) is 10.4. The second-order valence-electron chi connectivity index (χ2n) is 16.4. The lowest BCUT2D eigenvalue weighted by atomic mass is 9.99. The summed E-state index contributed by atoms with van der Waals surface area (Å²) in [5, 5.41) is 10.4. The summed E-state index contributed by atoms with van der Waals surface area (Å²) in [6, 6.07) is 94.3. The van der Waals surface area contributed by atoms with Crippen molar-refractivity contribution < 1.29 is 0 Å². The fourth-order valence-corrected chi connectivity index (χ4v) is 15.2. The van der Waals surface area contributed by atoms with E-state index in [9.17, 15) is 0 Å². The molecule has 63 heavy (non-hydrogen) atoms. The first-order chi connectivity index (χ1) is 31.3. The van der Waals surface area contributed by atoms with Crippen molar-refractivity contribution in [3.8, 4) is 33.6 Å². The summed E-state index contributed by atoms with van der Waals surface area (Å²) in [7, 11) is -2.81. The minimum atomic E-state index is -2.81. The number of benzene rings is 10. The van der Waals surface area contributed by atoms with Crippen LogP contribution in [-0.2, 0) is 0 Å². The zero-order valence-corrected chi connectivity index (χ0v) is 35.6. The van der Waals surface area contributed by atoms with E-state index in [1.807, 2.05) is 0 Å². The quantitative estimate of drug-likeness (QED) is 0.107. The van der Waals surface area contributed by atoms with Gasteiger partial charge in [0.1, 0.15) is 0 Å². The van der Waals surface area contributed by atoms with Gasteiger partial charge in [-0.25, -0.2) is 0 Å². The normalized spacial score (nSPS) is 11.8. The van der Waals surface area contributed by atoms with Gasteiger partial charge in [0.05, 0.1) is 33.4 Å². The molecule has 0 saturated carbocycles. The van der Waals surface area contributed by atoms with Gasteiger partial charge in [-0.15, -0.1) is 0 Å². The van der Waals surface area contributed by atoms with Crippen LogP contribution < -0.4 is 20.7 Å². The molecule has 0 fully saturated rings. The van der Waals surface area contributed by atoms with Gasteiger partial charge in [0.25, 0.3) is 0 Å². The third-order valence-electron chi connectivity index (χ3n) is 13.1. The van der Waals surface area contributed by atoms with Crippen LogP contribution in [0.2, 0.25) is 0 Å². The Morgan fingerprint density at radius 3 is 1.30 bits per heavy atom. The highest BCUT2D eigenvalue weighted by Gasteiger charge is 2.41. The van der Waals surface area contributed by atoms with Crippen LogP contribution in [-0.4, -0.2) is 17.2 Å². The van der Waals surface area contributed by atoms with Crippen LogP contribution in [0.3, 0.4) is 0 Å². The first kappa shape index (κ1) is 36.8. The molecule has 0 saturated heterocycles. The Morgan fingerprint density at radius 1 is 0.270 bits per heavy atom. The van der Waals surface area contributed by atoms with E-state index in [1.165, 1.54) is 86.6 Å². The summed E-state index contributed by atoms with van der Waals surface area (Å²) < 4.78 is 5.10. The van der Waals surface area contributed by atoms with E-state index in [1.54, 1.807) is 0 Å². The highest BCUT2D eigenvalue weighted by molar-refractivity contribution is 7.20. The molecule has 0 aliphatic heterocycles. The average molecular weight is 819 g/mol. The molecule has 2 aromatic heterocycles. The van der Waals surface area contributed by atoms with E-state index in [4.69, 9.17) is 0 Å². The summed E-state index contributed by atoms with van der Waals surface area (Å²) in [6.07, 6.45) is 0. The van der Waals surface area contributed by atoms with E-state index >= 15 is 0 Å². The van der Waals surface area contributed by atoms with Crippen LogP contribution in [0.5, 0.6) is 0 Å². The topological polar surface area (TPSA) is 9.86 Å². The first-order valence-corrected chi connectivity index (χ1v) is 23.8. The van der Waals surface area contributed by atoms with Crippen LogP contribution in [0.25, 0.3) is 77.2 Å². The Bertz CT molecular complexity index is 3500. The molecular formula is C60H42N2Si. The summed E-state index contributed by atoms with van der Waals surface area (Å²) in [5.74, 6) is 0. The average Bonchev–Trinajstić information content (AvgIpc) is 3.88. The number of fused-ring (bicyclic) bond motifs is 6. The van der Waals surface area contributed by atoms with Gasteiger partial charge >= 0.3 is 0 Å². The van der Waals surface area contributed by atoms with Gasteiger partial charge in [-0.1, -0.05) is 231 Å².